The molecule has 3 rings (SSSR count). The molecule has 0 saturated carbocycles. The molecular formula is C16H11BrN2O. The van der Waals surface area contributed by atoms with E-state index in [4.69, 9.17) is 5.73 Å². The molecular weight excluding hydrogens is 316 g/mol. The molecule has 20 heavy (non-hydrogen) atoms. The summed E-state index contributed by atoms with van der Waals surface area (Å²) in [5, 5.41) is 2.14. The molecule has 1 amide bonds. The van der Waals surface area contributed by atoms with Gasteiger partial charge in [0.2, 0.25) is 0 Å². The summed E-state index contributed by atoms with van der Waals surface area (Å²) in [6.45, 7) is 0. The van der Waals surface area contributed by atoms with Crippen LogP contribution in [0.2, 0.25) is 0 Å². The molecule has 0 aliphatic carbocycles. The zero-order chi connectivity index (χ0) is 14.1. The molecule has 0 fully saturated rings. The van der Waals surface area contributed by atoms with Crippen LogP contribution in [0, 0.1) is 0 Å². The maximum Gasteiger partial charge on any atom is 0.267 e. The van der Waals surface area contributed by atoms with Gasteiger partial charge < -0.3 is 5.73 Å². The van der Waals surface area contributed by atoms with Crippen LogP contribution in [0.5, 0.6) is 0 Å². The minimum absolute atomic E-state index is 0.292. The molecule has 0 aliphatic rings. The predicted molar refractivity (Wildman–Crippen MR) is 83.4 cm³/mol. The fraction of sp³-hybridized carbons (Fsp3) is 0. The Morgan fingerprint density at radius 1 is 0.950 bits per heavy atom. The van der Waals surface area contributed by atoms with Crippen molar-refractivity contribution in [3.05, 3.63) is 64.9 Å². The molecule has 0 spiro atoms. The van der Waals surface area contributed by atoms with Crippen LogP contribution in [-0.2, 0) is 0 Å². The molecule has 2 N–H and O–H groups in total. The van der Waals surface area contributed by atoms with E-state index in [2.05, 4.69) is 20.9 Å². The summed E-state index contributed by atoms with van der Waals surface area (Å²) in [5.41, 5.74) is 7.41. The number of primary amides is 1. The SMILES string of the molecule is NC(=O)c1ncccc1-c1cccc2c(Br)cccc12. The zero-order valence-electron chi connectivity index (χ0n) is 10.5. The number of hydrogen-bond acceptors (Lipinski definition) is 2. The van der Waals surface area contributed by atoms with Gasteiger partial charge in [0.05, 0.1) is 0 Å². The van der Waals surface area contributed by atoms with Gasteiger partial charge in [0.25, 0.3) is 5.91 Å². The smallest absolute Gasteiger partial charge is 0.267 e. The van der Waals surface area contributed by atoms with Crippen molar-refractivity contribution < 1.29 is 4.79 Å². The second-order valence-corrected chi connectivity index (χ2v) is 5.26. The molecule has 0 saturated heterocycles. The summed E-state index contributed by atoms with van der Waals surface area (Å²) in [6, 6.07) is 15.6. The normalized spacial score (nSPS) is 10.7. The van der Waals surface area contributed by atoms with Crippen LogP contribution in [0.4, 0.5) is 0 Å². The number of hydrogen-bond donors (Lipinski definition) is 1. The lowest BCUT2D eigenvalue weighted by molar-refractivity contribution is 0.0996. The Kier molecular flexibility index (Phi) is 3.24. The fourth-order valence-corrected chi connectivity index (χ4v) is 2.82. The number of halogens is 1. The average Bonchev–Trinajstić information content (AvgIpc) is 2.47. The van der Waals surface area contributed by atoms with Gasteiger partial charge in [0, 0.05) is 16.2 Å². The first-order chi connectivity index (χ1) is 9.68. The van der Waals surface area contributed by atoms with Gasteiger partial charge in [-0.2, -0.15) is 0 Å². The standard InChI is InChI=1S/C16H11BrN2O/c17-14-8-2-5-10-11(4-1-6-12(10)14)13-7-3-9-19-15(13)16(18)20/h1-9H,(H2,18,20). The van der Waals surface area contributed by atoms with Gasteiger partial charge in [-0.15, -0.1) is 0 Å². The molecule has 0 bridgehead atoms. The highest BCUT2D eigenvalue weighted by molar-refractivity contribution is 9.10. The zero-order valence-corrected chi connectivity index (χ0v) is 12.1. The largest absolute Gasteiger partial charge is 0.364 e. The van der Waals surface area contributed by atoms with Crippen LogP contribution in [-0.4, -0.2) is 10.9 Å². The lowest BCUT2D eigenvalue weighted by Crippen LogP contribution is -2.14. The van der Waals surface area contributed by atoms with Crippen LogP contribution in [0.25, 0.3) is 21.9 Å². The summed E-state index contributed by atoms with van der Waals surface area (Å²) in [4.78, 5) is 15.6. The van der Waals surface area contributed by atoms with Crippen molar-refractivity contribution in [1.29, 1.82) is 0 Å². The number of rotatable bonds is 2. The summed E-state index contributed by atoms with van der Waals surface area (Å²) < 4.78 is 1.02. The fourth-order valence-electron chi connectivity index (χ4n) is 2.33. The third-order valence-electron chi connectivity index (χ3n) is 3.20. The van der Waals surface area contributed by atoms with Crippen LogP contribution in [0.15, 0.2) is 59.2 Å². The number of pyridine rings is 1. The van der Waals surface area contributed by atoms with Gasteiger partial charge in [-0.1, -0.05) is 52.3 Å². The van der Waals surface area contributed by atoms with Crippen molar-refractivity contribution in [2.45, 2.75) is 0 Å². The minimum atomic E-state index is -0.521. The number of aromatic nitrogens is 1. The van der Waals surface area contributed by atoms with Gasteiger partial charge in [-0.25, -0.2) is 0 Å². The van der Waals surface area contributed by atoms with E-state index >= 15 is 0 Å². The number of fused-ring (bicyclic) bond motifs is 1. The Morgan fingerprint density at radius 2 is 1.65 bits per heavy atom. The van der Waals surface area contributed by atoms with Crippen LogP contribution >= 0.6 is 15.9 Å². The molecule has 3 nitrogen and oxygen atoms in total. The number of nitrogens with zero attached hydrogens (tertiary/aromatic N) is 1. The summed E-state index contributed by atoms with van der Waals surface area (Å²) in [7, 11) is 0. The molecule has 1 aromatic heterocycles. The Bertz CT molecular complexity index is 814. The Morgan fingerprint density at radius 3 is 2.45 bits per heavy atom. The van der Waals surface area contributed by atoms with Crippen molar-refractivity contribution >= 4 is 32.6 Å². The van der Waals surface area contributed by atoms with Crippen LogP contribution in [0.3, 0.4) is 0 Å². The van der Waals surface area contributed by atoms with Gasteiger partial charge >= 0.3 is 0 Å². The molecule has 98 valence electrons. The Labute approximate surface area is 124 Å². The molecule has 4 heteroatoms. The van der Waals surface area contributed by atoms with Crippen LogP contribution in [0.1, 0.15) is 10.5 Å². The highest BCUT2D eigenvalue weighted by Crippen LogP contribution is 2.33. The second-order valence-electron chi connectivity index (χ2n) is 4.40. The van der Waals surface area contributed by atoms with Crippen molar-refractivity contribution in [3.8, 4) is 11.1 Å². The number of amides is 1. The molecule has 0 unspecified atom stereocenters. The molecule has 2 aromatic carbocycles. The Balaban J connectivity index is 2.36. The van der Waals surface area contributed by atoms with Gasteiger partial charge in [0.1, 0.15) is 5.69 Å². The van der Waals surface area contributed by atoms with E-state index in [1.807, 2.05) is 42.5 Å². The molecule has 3 aromatic rings. The lowest BCUT2D eigenvalue weighted by Gasteiger charge is -2.10. The number of benzene rings is 2. The van der Waals surface area contributed by atoms with Crippen molar-refractivity contribution in [2.24, 2.45) is 5.73 Å². The van der Waals surface area contributed by atoms with Gasteiger partial charge in [0.15, 0.2) is 0 Å². The topological polar surface area (TPSA) is 56.0 Å². The van der Waals surface area contributed by atoms with E-state index in [9.17, 15) is 4.79 Å². The van der Waals surface area contributed by atoms with Gasteiger partial charge in [-0.3, -0.25) is 9.78 Å². The van der Waals surface area contributed by atoms with E-state index in [-0.39, 0.29) is 0 Å². The average molecular weight is 327 g/mol. The maximum absolute atomic E-state index is 11.5. The first-order valence-corrected chi connectivity index (χ1v) is 6.90. The summed E-state index contributed by atoms with van der Waals surface area (Å²) in [5.74, 6) is -0.521. The second kappa shape index (κ2) is 5.06. The van der Waals surface area contributed by atoms with E-state index in [0.717, 1.165) is 26.4 Å². The highest BCUT2D eigenvalue weighted by atomic mass is 79.9. The van der Waals surface area contributed by atoms with Crippen molar-refractivity contribution in [2.75, 3.05) is 0 Å². The van der Waals surface area contributed by atoms with Crippen molar-refractivity contribution in [3.63, 3.8) is 0 Å². The first kappa shape index (κ1) is 12.8. The van der Waals surface area contributed by atoms with E-state index in [1.54, 1.807) is 12.3 Å². The molecule has 0 atom stereocenters. The predicted octanol–water partition coefficient (Wildman–Crippen LogP) is 3.76. The third-order valence-corrected chi connectivity index (χ3v) is 3.89. The molecule has 0 radical (unpaired) electrons. The van der Waals surface area contributed by atoms with Crippen LogP contribution < -0.4 is 5.73 Å². The molecule has 0 aliphatic heterocycles. The number of carbonyl (C=O) groups excluding carboxylic acids is 1. The monoisotopic (exact) mass is 326 g/mol. The highest BCUT2D eigenvalue weighted by Gasteiger charge is 2.13. The molecule has 1 heterocycles. The minimum Gasteiger partial charge on any atom is -0.364 e. The number of nitrogens with two attached hydrogens (primary N) is 1. The quantitative estimate of drug-likeness (QED) is 0.779. The summed E-state index contributed by atoms with van der Waals surface area (Å²) in [6.07, 6.45) is 1.57. The van der Waals surface area contributed by atoms with E-state index in [1.165, 1.54) is 0 Å². The third kappa shape index (κ3) is 2.08. The first-order valence-electron chi connectivity index (χ1n) is 6.11. The maximum atomic E-state index is 11.5. The lowest BCUT2D eigenvalue weighted by atomic mass is 9.97. The van der Waals surface area contributed by atoms with Gasteiger partial charge in [-0.05, 0) is 28.5 Å². The Hall–Kier alpha value is -2.20. The number of carbonyl (C=O) groups is 1. The van der Waals surface area contributed by atoms with E-state index < -0.39 is 5.91 Å². The van der Waals surface area contributed by atoms with E-state index in [0.29, 0.717) is 5.69 Å². The summed E-state index contributed by atoms with van der Waals surface area (Å²) >= 11 is 3.54. The van der Waals surface area contributed by atoms with Crippen molar-refractivity contribution in [1.82, 2.24) is 4.98 Å².